The number of nitrogens with zero attached hydrogens (tertiary/aromatic N) is 1. The number of fused-ring (bicyclic) bond motifs is 4. The van der Waals surface area contributed by atoms with Gasteiger partial charge in [0.2, 0.25) is 17.4 Å². The maximum atomic E-state index is 13.7. The summed E-state index contributed by atoms with van der Waals surface area (Å²) in [5, 5.41) is 15.6. The lowest BCUT2D eigenvalue weighted by molar-refractivity contribution is -0.738. The van der Waals surface area contributed by atoms with Crippen molar-refractivity contribution < 1.29 is 29.5 Å². The lowest BCUT2D eigenvalue weighted by Gasteiger charge is -2.27. The summed E-state index contributed by atoms with van der Waals surface area (Å²) in [7, 11) is 1.56. The van der Waals surface area contributed by atoms with Gasteiger partial charge in [0.25, 0.3) is 5.91 Å². The summed E-state index contributed by atoms with van der Waals surface area (Å²) in [6.07, 6.45) is -0.910. The summed E-state index contributed by atoms with van der Waals surface area (Å²) >= 11 is 6.33. The first-order valence-corrected chi connectivity index (χ1v) is 11.2. The molecule has 2 saturated heterocycles. The van der Waals surface area contributed by atoms with Crippen molar-refractivity contribution in [2.75, 3.05) is 12.4 Å². The van der Waals surface area contributed by atoms with E-state index in [9.17, 15) is 19.5 Å². The molecule has 0 aromatic heterocycles. The maximum Gasteiger partial charge on any atom is 0.291 e. The van der Waals surface area contributed by atoms with Crippen molar-refractivity contribution in [3.63, 3.8) is 0 Å². The molecule has 5 atom stereocenters. The summed E-state index contributed by atoms with van der Waals surface area (Å²) < 4.78 is 5.18. The van der Waals surface area contributed by atoms with E-state index in [1.54, 1.807) is 55.7 Å². The molecule has 4 N–H and O–H groups in total. The fourth-order valence-corrected chi connectivity index (χ4v) is 5.96. The molecule has 8 nitrogen and oxygen atoms in total. The van der Waals surface area contributed by atoms with Gasteiger partial charge in [0.05, 0.1) is 19.3 Å². The van der Waals surface area contributed by atoms with Crippen molar-refractivity contribution in [2.24, 2.45) is 11.8 Å². The highest BCUT2D eigenvalue weighted by molar-refractivity contribution is 6.31. The van der Waals surface area contributed by atoms with E-state index in [2.05, 4.69) is 5.32 Å². The number of carbonyl (C=O) groups is 3. The van der Waals surface area contributed by atoms with Gasteiger partial charge in [0.1, 0.15) is 29.7 Å². The number of ether oxygens (including phenoxy) is 1. The van der Waals surface area contributed by atoms with Crippen LogP contribution in [-0.4, -0.2) is 47.0 Å². The second-order valence-electron chi connectivity index (χ2n) is 9.07. The summed E-state index contributed by atoms with van der Waals surface area (Å²) in [4.78, 5) is 41.9. The van der Waals surface area contributed by atoms with Gasteiger partial charge in [-0.25, -0.2) is 0 Å². The number of aliphatic hydroxyl groups excluding tert-OH is 1. The van der Waals surface area contributed by atoms with E-state index in [1.807, 2.05) is 6.92 Å². The third kappa shape index (κ3) is 3.01. The molecule has 2 aromatic carbocycles. The van der Waals surface area contributed by atoms with Crippen LogP contribution in [0.15, 0.2) is 36.4 Å². The first-order chi connectivity index (χ1) is 15.7. The Morgan fingerprint density at radius 1 is 1.21 bits per heavy atom. The molecule has 3 amide bonds. The Kier molecular flexibility index (Phi) is 5.00. The van der Waals surface area contributed by atoms with Gasteiger partial charge < -0.3 is 20.5 Å². The zero-order valence-electron chi connectivity index (χ0n) is 18.5. The standard InChI is InChI=1S/C24H24ClN3O5/c1-11-8-14(25)9-16-19(11)26-23(32)24(16)18-17(20(27-24)12(2)29)21(30)28(22(18)31)10-13-4-6-15(33-3)7-5-13/h4-9,12,17-18,20,27,29H,10H2,1-3H3,(H,26,32)/p+1/t12-,17+,18+,20-,24+/m1/s1. The Morgan fingerprint density at radius 2 is 1.91 bits per heavy atom. The predicted molar refractivity (Wildman–Crippen MR) is 119 cm³/mol. The molecule has 0 unspecified atom stereocenters. The normalized spacial score (nSPS) is 28.8. The summed E-state index contributed by atoms with van der Waals surface area (Å²) in [5.41, 5.74) is 1.38. The van der Waals surface area contributed by atoms with Crippen LogP contribution in [0.1, 0.15) is 23.6 Å². The van der Waals surface area contributed by atoms with Crippen molar-refractivity contribution in [3.8, 4) is 5.75 Å². The number of rotatable bonds is 4. The number of methoxy groups -OCH3 is 1. The molecular formula is C24H25ClN3O5+. The summed E-state index contributed by atoms with van der Waals surface area (Å²) in [5.74, 6) is -2.26. The summed E-state index contributed by atoms with van der Waals surface area (Å²) in [6.45, 7) is 3.50. The number of carbonyl (C=O) groups excluding carboxylic acids is 3. The minimum atomic E-state index is -1.36. The van der Waals surface area contributed by atoms with Crippen LogP contribution in [0, 0.1) is 18.8 Å². The van der Waals surface area contributed by atoms with Crippen LogP contribution in [0.5, 0.6) is 5.75 Å². The number of hydrogen-bond donors (Lipinski definition) is 3. The first-order valence-electron chi connectivity index (χ1n) is 10.8. The number of amides is 3. The van der Waals surface area contributed by atoms with Crippen LogP contribution in [0.4, 0.5) is 5.69 Å². The average molecular weight is 471 g/mol. The monoisotopic (exact) mass is 470 g/mol. The van der Waals surface area contributed by atoms with E-state index < -0.39 is 35.4 Å². The smallest absolute Gasteiger partial charge is 0.291 e. The van der Waals surface area contributed by atoms with Gasteiger partial charge >= 0.3 is 0 Å². The van der Waals surface area contributed by atoms with E-state index in [1.165, 1.54) is 4.90 Å². The van der Waals surface area contributed by atoms with Crippen LogP contribution in [0.3, 0.4) is 0 Å². The Morgan fingerprint density at radius 3 is 2.55 bits per heavy atom. The minimum Gasteiger partial charge on any atom is -0.497 e. The van der Waals surface area contributed by atoms with Crippen LogP contribution in [-0.2, 0) is 26.5 Å². The molecule has 0 radical (unpaired) electrons. The molecule has 172 valence electrons. The molecule has 1 spiro atoms. The first kappa shape index (κ1) is 21.9. The van der Waals surface area contributed by atoms with Crippen LogP contribution in [0.2, 0.25) is 5.02 Å². The van der Waals surface area contributed by atoms with Gasteiger partial charge in [-0.05, 0) is 49.2 Å². The average Bonchev–Trinajstić information content (AvgIpc) is 3.36. The summed E-state index contributed by atoms with van der Waals surface area (Å²) in [6, 6.07) is 9.90. The number of aliphatic hydroxyl groups is 1. The van der Waals surface area contributed by atoms with Crippen molar-refractivity contribution >= 4 is 35.0 Å². The second-order valence-corrected chi connectivity index (χ2v) is 9.50. The minimum absolute atomic E-state index is 0.0837. The Balaban J connectivity index is 1.60. The number of nitrogens with one attached hydrogen (secondary N) is 1. The zero-order chi connectivity index (χ0) is 23.7. The number of imide groups is 1. The molecule has 0 bridgehead atoms. The highest BCUT2D eigenvalue weighted by atomic mass is 35.5. The number of halogens is 1. The molecule has 3 aliphatic heterocycles. The van der Waals surface area contributed by atoms with Gasteiger partial charge in [-0.2, -0.15) is 0 Å². The predicted octanol–water partition coefficient (Wildman–Crippen LogP) is 0.932. The molecule has 0 saturated carbocycles. The molecule has 5 rings (SSSR count). The van der Waals surface area contributed by atoms with Crippen molar-refractivity contribution in [1.29, 1.82) is 0 Å². The van der Waals surface area contributed by atoms with Gasteiger partial charge in [-0.3, -0.25) is 19.3 Å². The molecule has 33 heavy (non-hydrogen) atoms. The Bertz CT molecular complexity index is 1180. The fraction of sp³-hybridized carbons (Fsp3) is 0.375. The van der Waals surface area contributed by atoms with E-state index in [0.717, 1.165) is 11.1 Å². The number of benzene rings is 2. The molecular weight excluding hydrogens is 446 g/mol. The van der Waals surface area contributed by atoms with Gasteiger partial charge in [-0.1, -0.05) is 23.7 Å². The van der Waals surface area contributed by atoms with Crippen molar-refractivity contribution in [3.05, 3.63) is 58.1 Å². The highest BCUT2D eigenvalue weighted by Crippen LogP contribution is 2.51. The zero-order valence-corrected chi connectivity index (χ0v) is 19.2. The van der Waals surface area contributed by atoms with E-state index in [0.29, 0.717) is 22.0 Å². The van der Waals surface area contributed by atoms with Gasteiger partial charge in [0.15, 0.2) is 0 Å². The molecule has 3 aliphatic rings. The van der Waals surface area contributed by atoms with Crippen LogP contribution in [0.25, 0.3) is 0 Å². The molecule has 9 heteroatoms. The van der Waals surface area contributed by atoms with Gasteiger partial charge in [-0.15, -0.1) is 0 Å². The van der Waals surface area contributed by atoms with E-state index >= 15 is 0 Å². The highest BCUT2D eigenvalue weighted by Gasteiger charge is 2.75. The quantitative estimate of drug-likeness (QED) is 0.575. The molecule has 0 aliphatic carbocycles. The van der Waals surface area contributed by atoms with Crippen molar-refractivity contribution in [1.82, 2.24) is 4.90 Å². The number of quaternary nitrogens is 1. The maximum absolute atomic E-state index is 13.7. The molecule has 2 aromatic rings. The fourth-order valence-electron chi connectivity index (χ4n) is 5.69. The van der Waals surface area contributed by atoms with Crippen LogP contribution < -0.4 is 15.4 Å². The number of aryl methyl sites for hydroxylation is 1. The van der Waals surface area contributed by atoms with E-state index in [4.69, 9.17) is 16.3 Å². The number of hydrogen-bond acceptors (Lipinski definition) is 5. The largest absolute Gasteiger partial charge is 0.497 e. The number of anilines is 1. The topological polar surface area (TPSA) is 113 Å². The third-order valence-corrected chi connectivity index (χ3v) is 7.44. The second kappa shape index (κ2) is 7.55. The van der Waals surface area contributed by atoms with Crippen molar-refractivity contribution in [2.45, 2.75) is 38.1 Å². The lowest BCUT2D eigenvalue weighted by atomic mass is 9.76. The Hall–Kier alpha value is -2.94. The van der Waals surface area contributed by atoms with E-state index in [-0.39, 0.29) is 18.4 Å². The van der Waals surface area contributed by atoms with Gasteiger partial charge in [0, 0.05) is 10.6 Å². The Labute approximate surface area is 195 Å². The lowest BCUT2D eigenvalue weighted by Crippen LogP contribution is -3.00. The molecule has 3 heterocycles. The number of likely N-dealkylation sites (tertiary alicyclic amines) is 1. The number of nitrogens with two attached hydrogens (primary N) is 1. The third-order valence-electron chi connectivity index (χ3n) is 7.22. The molecule has 2 fully saturated rings. The SMILES string of the molecule is COc1ccc(CN2C(=O)[C@@H]3[C@@H]([C@@H](C)O)[NH2+][C@]4(C(=O)Nc5c(C)cc(Cl)cc54)[C@@H]3C2=O)cc1. The van der Waals surface area contributed by atoms with Crippen LogP contribution >= 0.6 is 11.6 Å².